The molecule has 1 aromatic heterocycles. The zero-order valence-corrected chi connectivity index (χ0v) is 9.70. The van der Waals surface area contributed by atoms with E-state index in [0.717, 1.165) is 6.20 Å². The second-order valence-electron chi connectivity index (χ2n) is 2.73. The van der Waals surface area contributed by atoms with Gasteiger partial charge in [-0.2, -0.15) is 0 Å². The molecule has 0 N–H and O–H groups in total. The van der Waals surface area contributed by atoms with Crippen LogP contribution in [0.15, 0.2) is 6.20 Å². The maximum absolute atomic E-state index is 12.5. The fourth-order valence-electron chi connectivity index (χ4n) is 1.21. The molecule has 0 aliphatic heterocycles. The molecule has 0 spiro atoms. The van der Waals surface area contributed by atoms with E-state index in [1.807, 2.05) is 0 Å². The number of ether oxygens (including phenoxy) is 1. The van der Waals surface area contributed by atoms with Gasteiger partial charge in [0.2, 0.25) is 0 Å². The molecule has 8 heteroatoms. The molecule has 0 aromatic carbocycles. The number of rotatable bonds is 4. The Bertz CT molecular complexity index is 415. The van der Waals surface area contributed by atoms with Gasteiger partial charge in [-0.25, -0.2) is 13.8 Å². The van der Waals surface area contributed by atoms with Gasteiger partial charge < -0.3 is 4.74 Å². The van der Waals surface area contributed by atoms with Crippen molar-refractivity contribution in [2.45, 2.75) is 11.8 Å². The van der Waals surface area contributed by atoms with E-state index in [0.29, 0.717) is 0 Å². The predicted octanol–water partition coefficient (Wildman–Crippen LogP) is 2.83. The molecule has 0 fully saturated rings. The number of hydrogen-bond acceptors (Lipinski definition) is 4. The molecule has 0 bridgehead atoms. The van der Waals surface area contributed by atoms with Gasteiger partial charge in [-0.1, -0.05) is 15.9 Å². The van der Waals surface area contributed by atoms with Crippen LogP contribution in [-0.2, 0) is 5.33 Å². The first-order valence-electron chi connectivity index (χ1n) is 4.07. The molecule has 88 valence electrons. The molecule has 0 saturated carbocycles. The van der Waals surface area contributed by atoms with Crippen molar-refractivity contribution in [2.24, 2.45) is 0 Å². The number of hydrogen-bond donors (Lipinski definition) is 0. The van der Waals surface area contributed by atoms with Crippen LogP contribution < -0.4 is 4.74 Å². The Morgan fingerprint density at radius 3 is 2.69 bits per heavy atom. The number of alkyl halides is 3. The Morgan fingerprint density at radius 1 is 1.69 bits per heavy atom. The Labute approximate surface area is 97.7 Å². The molecular formula is C8H7BrF2N2O3. The molecule has 1 heterocycles. The summed E-state index contributed by atoms with van der Waals surface area (Å²) in [6, 6.07) is 0. The summed E-state index contributed by atoms with van der Waals surface area (Å²) < 4.78 is 29.8. The van der Waals surface area contributed by atoms with E-state index in [1.165, 1.54) is 7.11 Å². The van der Waals surface area contributed by atoms with Crippen molar-refractivity contribution in [1.82, 2.24) is 4.98 Å². The molecule has 5 nitrogen and oxygen atoms in total. The lowest BCUT2D eigenvalue weighted by Crippen LogP contribution is -2.04. The molecule has 0 radical (unpaired) electrons. The molecule has 16 heavy (non-hydrogen) atoms. The van der Waals surface area contributed by atoms with Gasteiger partial charge in [-0.3, -0.25) is 10.1 Å². The topological polar surface area (TPSA) is 65.3 Å². The fourth-order valence-corrected chi connectivity index (χ4v) is 1.75. The molecule has 0 unspecified atom stereocenters. The van der Waals surface area contributed by atoms with E-state index in [-0.39, 0.29) is 22.3 Å². The average molecular weight is 297 g/mol. The van der Waals surface area contributed by atoms with Crippen LogP contribution in [0.25, 0.3) is 0 Å². The van der Waals surface area contributed by atoms with Crippen molar-refractivity contribution in [3.8, 4) is 5.75 Å². The Balaban J connectivity index is 3.46. The van der Waals surface area contributed by atoms with Gasteiger partial charge in [0.25, 0.3) is 12.1 Å². The molecule has 1 aromatic rings. The van der Waals surface area contributed by atoms with Crippen molar-refractivity contribution in [2.75, 3.05) is 7.11 Å². The van der Waals surface area contributed by atoms with E-state index < -0.39 is 17.0 Å². The van der Waals surface area contributed by atoms with E-state index in [4.69, 9.17) is 4.74 Å². The van der Waals surface area contributed by atoms with E-state index in [1.54, 1.807) is 0 Å². The average Bonchev–Trinajstić information content (AvgIpc) is 2.26. The Kier molecular flexibility index (Phi) is 4.11. The van der Waals surface area contributed by atoms with Gasteiger partial charge in [0.15, 0.2) is 5.75 Å². The Hall–Kier alpha value is -1.31. The lowest BCUT2D eigenvalue weighted by Gasteiger charge is -2.10. The van der Waals surface area contributed by atoms with Gasteiger partial charge >= 0.3 is 0 Å². The van der Waals surface area contributed by atoms with Crippen molar-refractivity contribution < 1.29 is 18.4 Å². The summed E-state index contributed by atoms with van der Waals surface area (Å²) in [5, 5.41) is 10.7. The summed E-state index contributed by atoms with van der Waals surface area (Å²) in [5.41, 5.74) is -0.890. The number of nitrogens with zero attached hydrogens (tertiary/aromatic N) is 2. The standard InChI is InChI=1S/C8H7BrF2N2O3/c1-16-7-4(2-9)5(13(14)15)3-12-6(7)8(10)11/h3,8H,2H2,1H3. The van der Waals surface area contributed by atoms with Gasteiger partial charge in [-0.15, -0.1) is 0 Å². The lowest BCUT2D eigenvalue weighted by molar-refractivity contribution is -0.385. The second kappa shape index (κ2) is 5.15. The molecule has 0 aliphatic carbocycles. The molecule has 0 saturated heterocycles. The highest BCUT2D eigenvalue weighted by atomic mass is 79.9. The van der Waals surface area contributed by atoms with Gasteiger partial charge in [0, 0.05) is 5.33 Å². The van der Waals surface area contributed by atoms with Crippen LogP contribution in [0.5, 0.6) is 5.75 Å². The first kappa shape index (κ1) is 12.8. The highest BCUT2D eigenvalue weighted by Crippen LogP contribution is 2.36. The zero-order chi connectivity index (χ0) is 12.3. The van der Waals surface area contributed by atoms with Crippen LogP contribution in [0.2, 0.25) is 0 Å². The summed E-state index contributed by atoms with van der Waals surface area (Å²) >= 11 is 2.99. The van der Waals surface area contributed by atoms with Crippen molar-refractivity contribution in [3.05, 3.63) is 27.6 Å². The third kappa shape index (κ3) is 2.26. The summed E-state index contributed by atoms with van der Waals surface area (Å²) in [5.74, 6) is -0.249. The number of nitro groups is 1. The van der Waals surface area contributed by atoms with Crippen LogP contribution in [-0.4, -0.2) is 17.0 Å². The fraction of sp³-hybridized carbons (Fsp3) is 0.375. The minimum Gasteiger partial charge on any atom is -0.494 e. The van der Waals surface area contributed by atoms with E-state index >= 15 is 0 Å². The second-order valence-corrected chi connectivity index (χ2v) is 3.29. The van der Waals surface area contributed by atoms with E-state index in [2.05, 4.69) is 20.9 Å². The van der Waals surface area contributed by atoms with Crippen LogP contribution in [0.3, 0.4) is 0 Å². The molecule has 0 atom stereocenters. The van der Waals surface area contributed by atoms with Crippen molar-refractivity contribution >= 4 is 21.6 Å². The van der Waals surface area contributed by atoms with Gasteiger partial charge in [0.1, 0.15) is 11.9 Å². The number of halogens is 3. The normalized spacial score (nSPS) is 10.6. The molecule has 0 aliphatic rings. The predicted molar refractivity (Wildman–Crippen MR) is 55.0 cm³/mol. The maximum atomic E-state index is 12.5. The lowest BCUT2D eigenvalue weighted by atomic mass is 10.2. The van der Waals surface area contributed by atoms with Crippen molar-refractivity contribution in [1.29, 1.82) is 0 Å². The molecule has 0 amide bonds. The summed E-state index contributed by atoms with van der Waals surface area (Å²) in [4.78, 5) is 13.3. The third-order valence-electron chi connectivity index (χ3n) is 1.88. The minimum absolute atomic E-state index is 0.0364. The first-order chi connectivity index (χ1) is 7.52. The monoisotopic (exact) mass is 296 g/mol. The third-order valence-corrected chi connectivity index (χ3v) is 2.44. The van der Waals surface area contributed by atoms with Crippen LogP contribution in [0, 0.1) is 10.1 Å². The van der Waals surface area contributed by atoms with Gasteiger partial charge in [-0.05, 0) is 0 Å². The van der Waals surface area contributed by atoms with Crippen LogP contribution in [0.1, 0.15) is 17.7 Å². The maximum Gasteiger partial charge on any atom is 0.295 e. The van der Waals surface area contributed by atoms with Crippen molar-refractivity contribution in [3.63, 3.8) is 0 Å². The largest absolute Gasteiger partial charge is 0.494 e. The first-order valence-corrected chi connectivity index (χ1v) is 5.19. The highest BCUT2D eigenvalue weighted by molar-refractivity contribution is 9.08. The van der Waals surface area contributed by atoms with Crippen LogP contribution >= 0.6 is 15.9 Å². The van der Waals surface area contributed by atoms with Gasteiger partial charge in [0.05, 0.1) is 17.6 Å². The zero-order valence-electron chi connectivity index (χ0n) is 8.11. The smallest absolute Gasteiger partial charge is 0.295 e. The van der Waals surface area contributed by atoms with Crippen LogP contribution in [0.4, 0.5) is 14.5 Å². The minimum atomic E-state index is -2.84. The summed E-state index contributed by atoms with van der Waals surface area (Å²) in [6.07, 6.45) is -2.03. The highest BCUT2D eigenvalue weighted by Gasteiger charge is 2.26. The number of aromatic nitrogens is 1. The number of pyridine rings is 1. The summed E-state index contributed by atoms with van der Waals surface area (Å²) in [6.45, 7) is 0. The SMILES string of the molecule is COc1c(C(F)F)ncc([N+](=O)[O-])c1CBr. The summed E-state index contributed by atoms with van der Waals surface area (Å²) in [7, 11) is 1.17. The number of methoxy groups -OCH3 is 1. The Morgan fingerprint density at radius 2 is 2.31 bits per heavy atom. The van der Waals surface area contributed by atoms with E-state index in [9.17, 15) is 18.9 Å². The molecule has 1 rings (SSSR count). The molecular weight excluding hydrogens is 290 g/mol. The quantitative estimate of drug-likeness (QED) is 0.487.